The molecule has 17 nitrogen and oxygen atoms in total. The van der Waals surface area contributed by atoms with E-state index in [2.05, 4.69) is 20.8 Å². The fourth-order valence-corrected chi connectivity index (χ4v) is 9.40. The van der Waals surface area contributed by atoms with Gasteiger partial charge in [0.2, 0.25) is 5.60 Å². The minimum absolute atomic E-state index is 0.00340. The molecule has 3 saturated heterocycles. The Hall–Kier alpha value is -4.59. The molecule has 278 valence electrons. The van der Waals surface area contributed by atoms with E-state index in [9.17, 15) is 44.4 Å². The molecule has 7 N–H and O–H groups in total. The van der Waals surface area contributed by atoms with E-state index in [-0.39, 0.29) is 37.8 Å². The number of nitrogens with two attached hydrogens (primary N) is 1. The highest BCUT2D eigenvalue weighted by molar-refractivity contribution is 8.00. The molecule has 1 aromatic heterocycles. The van der Waals surface area contributed by atoms with Gasteiger partial charge in [0.05, 0.1) is 41.9 Å². The lowest BCUT2D eigenvalue weighted by molar-refractivity contribution is -0.905. The van der Waals surface area contributed by atoms with Crippen LogP contribution in [-0.4, -0.2) is 120 Å². The SMILES string of the molecule is C[C@@H]1S[C@@H]2[C@H](NC(=O)/C(=N/OC(C)(C)C(=O)O)c3csc(N)n3)C(=O)N2C(C(=O)[O-])=C1C[N+]12CCC(CNC(=O)c3ccc(O)c(O)c3Cl)(CC1)C2. The summed E-state index contributed by atoms with van der Waals surface area (Å²) in [4.78, 5) is 74.5. The van der Waals surface area contributed by atoms with Crippen molar-refractivity contribution >= 4 is 75.2 Å². The monoisotopic (exact) mass is 777 g/mol. The number of carboxylic acids is 2. The number of β-lactam (4-membered cyclic amide) rings is 1. The number of hydrogen-bond donors (Lipinski definition) is 6. The summed E-state index contributed by atoms with van der Waals surface area (Å²) in [6, 6.07) is 1.36. The number of halogens is 1. The van der Waals surface area contributed by atoms with E-state index in [1.807, 2.05) is 6.92 Å². The summed E-state index contributed by atoms with van der Waals surface area (Å²) in [5.74, 6) is -5.94. The van der Waals surface area contributed by atoms with Gasteiger partial charge in [0.25, 0.3) is 17.7 Å². The van der Waals surface area contributed by atoms with Crippen LogP contribution >= 0.6 is 34.7 Å². The number of carboxylic acid groups (broad SMARTS) is 2. The number of nitrogen functional groups attached to an aromatic ring is 1. The average Bonchev–Trinajstić information content (AvgIpc) is 3.79. The van der Waals surface area contributed by atoms with Gasteiger partial charge in [-0.25, -0.2) is 9.78 Å². The number of aromatic hydroxyl groups is 2. The van der Waals surface area contributed by atoms with Gasteiger partial charge in [0.15, 0.2) is 22.3 Å². The Morgan fingerprint density at radius 3 is 2.56 bits per heavy atom. The summed E-state index contributed by atoms with van der Waals surface area (Å²) in [6.45, 7) is 7.07. The third-order valence-corrected chi connectivity index (χ3v) is 12.6. The lowest BCUT2D eigenvalue weighted by atomic mass is 9.84. The van der Waals surface area contributed by atoms with Crippen molar-refractivity contribution in [2.45, 2.75) is 55.9 Å². The van der Waals surface area contributed by atoms with Gasteiger partial charge >= 0.3 is 5.97 Å². The first-order valence-electron chi connectivity index (χ1n) is 16.2. The van der Waals surface area contributed by atoms with Gasteiger partial charge in [-0.2, -0.15) is 0 Å². The van der Waals surface area contributed by atoms with Crippen LogP contribution in [0.1, 0.15) is 49.7 Å². The van der Waals surface area contributed by atoms with E-state index in [1.54, 1.807) is 0 Å². The fraction of sp³-hybridized carbons (Fsp3) is 0.469. The number of quaternary nitrogens is 1. The maximum absolute atomic E-state index is 13.5. The molecule has 6 rings (SSSR count). The van der Waals surface area contributed by atoms with Crippen LogP contribution in [0.25, 0.3) is 0 Å². The molecule has 52 heavy (non-hydrogen) atoms. The number of anilines is 1. The number of phenols is 2. The topological polar surface area (TPSA) is 257 Å². The Kier molecular flexibility index (Phi) is 9.60. The highest BCUT2D eigenvalue weighted by Gasteiger charge is 2.59. The number of rotatable bonds is 12. The number of piperidine rings is 1. The average molecular weight is 778 g/mol. The van der Waals surface area contributed by atoms with Crippen molar-refractivity contribution in [2.24, 2.45) is 10.6 Å². The quantitative estimate of drug-likeness (QED) is 0.0555. The van der Waals surface area contributed by atoms with Crippen molar-refractivity contribution < 1.29 is 53.7 Å². The Morgan fingerprint density at radius 1 is 1.25 bits per heavy atom. The number of benzene rings is 1. The molecule has 4 aliphatic heterocycles. The van der Waals surface area contributed by atoms with E-state index < -0.39 is 63.9 Å². The molecule has 0 aliphatic carbocycles. The maximum Gasteiger partial charge on any atom is 0.350 e. The number of aliphatic carboxylic acids is 2. The van der Waals surface area contributed by atoms with Gasteiger partial charge in [-0.3, -0.25) is 19.3 Å². The van der Waals surface area contributed by atoms with E-state index in [0.717, 1.165) is 42.2 Å². The van der Waals surface area contributed by atoms with E-state index in [0.29, 0.717) is 29.7 Å². The number of nitrogens with zero attached hydrogens (tertiary/aromatic N) is 4. The predicted molar refractivity (Wildman–Crippen MR) is 186 cm³/mol. The molecule has 20 heteroatoms. The zero-order valence-electron chi connectivity index (χ0n) is 28.2. The molecule has 3 amide bonds. The van der Waals surface area contributed by atoms with Crippen LogP contribution in [-0.2, 0) is 24.0 Å². The number of aromatic nitrogens is 1. The second kappa shape index (κ2) is 13.4. The van der Waals surface area contributed by atoms with E-state index in [1.165, 1.54) is 43.1 Å². The summed E-state index contributed by atoms with van der Waals surface area (Å²) < 4.78 is 0.559. The first-order valence-corrected chi connectivity index (χ1v) is 18.4. The smallest absolute Gasteiger partial charge is 0.350 e. The van der Waals surface area contributed by atoms with Gasteiger partial charge in [-0.15, -0.1) is 23.1 Å². The Morgan fingerprint density at radius 2 is 1.94 bits per heavy atom. The molecule has 3 atom stereocenters. The second-order valence-electron chi connectivity index (χ2n) is 14.0. The summed E-state index contributed by atoms with van der Waals surface area (Å²) in [5.41, 5.74) is 3.59. The van der Waals surface area contributed by atoms with Crippen molar-refractivity contribution in [3.63, 3.8) is 0 Å². The molecular formula is C32H36ClN7O10S2. The zero-order valence-corrected chi connectivity index (χ0v) is 30.6. The molecule has 5 heterocycles. The molecule has 4 aliphatic rings. The maximum atomic E-state index is 13.5. The Labute approximate surface area is 310 Å². The van der Waals surface area contributed by atoms with Crippen molar-refractivity contribution in [2.75, 3.05) is 38.5 Å². The Bertz CT molecular complexity index is 1940. The van der Waals surface area contributed by atoms with Gasteiger partial charge in [0, 0.05) is 41.0 Å². The Balaban J connectivity index is 1.16. The third kappa shape index (κ3) is 6.61. The van der Waals surface area contributed by atoms with Crippen LogP contribution in [0.5, 0.6) is 11.5 Å². The zero-order chi connectivity index (χ0) is 37.9. The lowest BCUT2D eigenvalue weighted by Crippen LogP contribution is -2.72. The van der Waals surface area contributed by atoms with Gasteiger partial charge in [-0.05, 0) is 32.9 Å². The van der Waals surface area contributed by atoms with Crippen LogP contribution in [0, 0.1) is 5.41 Å². The highest BCUT2D eigenvalue weighted by atomic mass is 35.5. The van der Waals surface area contributed by atoms with Crippen LogP contribution in [0.4, 0.5) is 5.13 Å². The molecule has 0 radical (unpaired) electrons. The highest BCUT2D eigenvalue weighted by Crippen LogP contribution is 2.49. The van der Waals surface area contributed by atoms with Crippen molar-refractivity contribution in [3.05, 3.63) is 45.1 Å². The van der Waals surface area contributed by atoms with Crippen molar-refractivity contribution in [1.82, 2.24) is 20.5 Å². The molecule has 3 fully saturated rings. The van der Waals surface area contributed by atoms with Gasteiger partial charge in [-0.1, -0.05) is 16.8 Å². The molecule has 2 aromatic rings. The number of thioether (sulfide) groups is 1. The molecule has 0 unspecified atom stereocenters. The van der Waals surface area contributed by atoms with Gasteiger partial charge in [0.1, 0.15) is 23.7 Å². The number of oxime groups is 1. The summed E-state index contributed by atoms with van der Waals surface area (Å²) in [6.07, 6.45) is 1.52. The number of carbonyl (C=O) groups excluding carboxylic acids is 4. The van der Waals surface area contributed by atoms with Crippen LogP contribution in [0.15, 0.2) is 33.9 Å². The van der Waals surface area contributed by atoms with E-state index >= 15 is 0 Å². The third-order valence-electron chi connectivity index (χ3n) is 10.1. The predicted octanol–water partition coefficient (Wildman–Crippen LogP) is 0.207. The van der Waals surface area contributed by atoms with Gasteiger partial charge < -0.3 is 50.9 Å². The summed E-state index contributed by atoms with van der Waals surface area (Å²) in [5, 5.41) is 51.0. The van der Waals surface area contributed by atoms with Crippen LogP contribution in [0.3, 0.4) is 0 Å². The summed E-state index contributed by atoms with van der Waals surface area (Å²) >= 11 is 8.40. The van der Waals surface area contributed by atoms with E-state index in [4.69, 9.17) is 22.2 Å². The number of amides is 3. The number of thiazole rings is 1. The molecular weight excluding hydrogens is 742 g/mol. The fourth-order valence-electron chi connectivity index (χ4n) is 7.17. The molecule has 0 spiro atoms. The normalized spacial score (nSPS) is 26.8. The first-order chi connectivity index (χ1) is 24.4. The lowest BCUT2D eigenvalue weighted by Gasteiger charge is -2.52. The number of phenolic OH excluding ortho intramolecular Hbond substituents is 2. The number of hydrogen-bond acceptors (Lipinski definition) is 14. The minimum atomic E-state index is -1.80. The molecule has 0 saturated carbocycles. The first kappa shape index (κ1) is 37.2. The number of carbonyl (C=O) groups is 5. The summed E-state index contributed by atoms with van der Waals surface area (Å²) in [7, 11) is 0. The van der Waals surface area contributed by atoms with Crippen molar-refractivity contribution in [3.8, 4) is 11.5 Å². The number of nitrogens with one attached hydrogen (secondary N) is 2. The standard InChI is InChI=1S/C32H36ClN7O10S2/c1-14-16(10-40-8-6-32(13-40,7-9-40)12-35-24(43)15-4-5-18(41)23(42)19(15)33)22(28(46)47)39-26(45)21(27(39)52-14)37-25(44)20(17-11-51-30(34)36-17)38-50-31(2,3)29(48)49/h4-5,11,14,21,27H,6-10,12-13H2,1-3H3,(H7-,34,35,36,37,38,41,42,43,44,46,47,48,49)/t14-,21+,27+,32?,40?/m0/s1. The van der Waals surface area contributed by atoms with Crippen molar-refractivity contribution in [1.29, 1.82) is 0 Å². The molecule has 2 bridgehead atoms. The molecule has 1 aromatic carbocycles. The number of fused-ring (bicyclic) bond motifs is 3. The van der Waals surface area contributed by atoms with Crippen LogP contribution < -0.4 is 21.5 Å². The van der Waals surface area contributed by atoms with Crippen LogP contribution in [0.2, 0.25) is 5.02 Å². The second-order valence-corrected chi connectivity index (χ2v) is 16.7. The minimum Gasteiger partial charge on any atom is -0.543 e. The largest absolute Gasteiger partial charge is 0.543 e.